The molecule has 0 spiro atoms. The zero-order valence-corrected chi connectivity index (χ0v) is 9.85. The van der Waals surface area contributed by atoms with E-state index < -0.39 is 17.9 Å². The number of nitrogens with zero attached hydrogens (tertiary/aromatic N) is 2. The second-order valence-corrected chi connectivity index (χ2v) is 4.48. The van der Waals surface area contributed by atoms with Crippen LogP contribution in [0, 0.1) is 0 Å². The summed E-state index contributed by atoms with van der Waals surface area (Å²) in [6.45, 7) is 2.56. The third-order valence-electron chi connectivity index (χ3n) is 3.21. The van der Waals surface area contributed by atoms with Gasteiger partial charge in [0.1, 0.15) is 0 Å². The summed E-state index contributed by atoms with van der Waals surface area (Å²) in [5.74, 6) is -0.874. The van der Waals surface area contributed by atoms with Gasteiger partial charge >= 0.3 is 6.09 Å². The minimum absolute atomic E-state index is 0.101. The fraction of sp³-hybridized carbons (Fsp3) is 0.727. The number of amides is 3. The molecule has 2 saturated heterocycles. The first kappa shape index (κ1) is 11.9. The zero-order valence-electron chi connectivity index (χ0n) is 9.85. The minimum Gasteiger partial charge on any atom is -0.311 e. The van der Waals surface area contributed by atoms with Crippen LogP contribution in [0.4, 0.5) is 4.79 Å². The molecule has 94 valence electrons. The second-order valence-electron chi connectivity index (χ2n) is 4.48. The lowest BCUT2D eigenvalue weighted by molar-refractivity contribution is -0.174. The van der Waals surface area contributed by atoms with Crippen LogP contribution in [0.25, 0.3) is 0 Å². The third kappa shape index (κ3) is 2.40. The molecule has 2 rings (SSSR count). The quantitative estimate of drug-likeness (QED) is 0.643. The molecule has 1 atom stereocenters. The topological polar surface area (TPSA) is 66.9 Å². The summed E-state index contributed by atoms with van der Waals surface area (Å²) >= 11 is 0. The van der Waals surface area contributed by atoms with Crippen LogP contribution in [0.5, 0.6) is 0 Å². The Bertz CT molecular complexity index is 339. The first-order chi connectivity index (χ1) is 8.09. The fourth-order valence-electron chi connectivity index (χ4n) is 2.16. The molecule has 2 aliphatic heterocycles. The van der Waals surface area contributed by atoms with Crippen molar-refractivity contribution in [1.29, 1.82) is 0 Å². The molecule has 2 aliphatic rings. The summed E-state index contributed by atoms with van der Waals surface area (Å²) in [4.78, 5) is 40.8. The maximum absolute atomic E-state index is 11.8. The van der Waals surface area contributed by atoms with Crippen LogP contribution in [0.2, 0.25) is 0 Å². The number of carbonyl (C=O) groups excluding carboxylic acids is 3. The van der Waals surface area contributed by atoms with E-state index in [9.17, 15) is 14.4 Å². The van der Waals surface area contributed by atoms with Crippen molar-refractivity contribution in [3.63, 3.8) is 0 Å². The van der Waals surface area contributed by atoms with Crippen LogP contribution in [-0.4, -0.2) is 40.5 Å². The molecule has 2 fully saturated rings. The van der Waals surface area contributed by atoms with Gasteiger partial charge in [0.05, 0.1) is 0 Å². The average molecular weight is 240 g/mol. The lowest BCUT2D eigenvalue weighted by atomic mass is 10.0. The maximum Gasteiger partial charge on any atom is 0.435 e. The van der Waals surface area contributed by atoms with E-state index in [4.69, 9.17) is 4.84 Å². The highest BCUT2D eigenvalue weighted by molar-refractivity contribution is 6.01. The highest BCUT2D eigenvalue weighted by Crippen LogP contribution is 2.19. The fourth-order valence-corrected chi connectivity index (χ4v) is 2.16. The van der Waals surface area contributed by atoms with Crippen molar-refractivity contribution in [2.45, 2.75) is 45.1 Å². The van der Waals surface area contributed by atoms with Crippen molar-refractivity contribution in [1.82, 2.24) is 9.96 Å². The molecule has 0 radical (unpaired) electrons. The molecule has 0 aromatic rings. The molecule has 0 aromatic heterocycles. The lowest BCUT2D eigenvalue weighted by Gasteiger charge is -2.32. The molecule has 17 heavy (non-hydrogen) atoms. The molecule has 6 nitrogen and oxygen atoms in total. The van der Waals surface area contributed by atoms with Crippen LogP contribution in [0.3, 0.4) is 0 Å². The van der Waals surface area contributed by atoms with Gasteiger partial charge in [0.15, 0.2) is 0 Å². The van der Waals surface area contributed by atoms with E-state index >= 15 is 0 Å². The predicted octanol–water partition coefficient (Wildman–Crippen LogP) is 1.06. The van der Waals surface area contributed by atoms with E-state index in [1.807, 2.05) is 6.92 Å². The molecule has 0 aromatic carbocycles. The predicted molar refractivity (Wildman–Crippen MR) is 57.6 cm³/mol. The summed E-state index contributed by atoms with van der Waals surface area (Å²) in [5, 5.41) is 0.601. The number of imide groups is 1. The normalized spacial score (nSPS) is 25.4. The van der Waals surface area contributed by atoms with Crippen molar-refractivity contribution in [2.75, 3.05) is 6.54 Å². The van der Waals surface area contributed by atoms with Crippen LogP contribution in [0.1, 0.15) is 39.0 Å². The SMILES string of the molecule is CC1CCCCN1C(=O)ON1C(=O)CCC1=O. The molecule has 1 unspecified atom stereocenters. The van der Waals surface area contributed by atoms with Gasteiger partial charge in [-0.2, -0.15) is 0 Å². The molecule has 0 bridgehead atoms. The van der Waals surface area contributed by atoms with Gasteiger partial charge in [-0.25, -0.2) is 4.79 Å². The first-order valence-corrected chi connectivity index (χ1v) is 5.94. The van der Waals surface area contributed by atoms with E-state index in [0.29, 0.717) is 11.6 Å². The molecular weight excluding hydrogens is 224 g/mol. The molecule has 0 saturated carbocycles. The summed E-state index contributed by atoms with van der Waals surface area (Å²) < 4.78 is 0. The average Bonchev–Trinajstić information content (AvgIpc) is 2.61. The van der Waals surface area contributed by atoms with Gasteiger partial charge in [-0.15, -0.1) is 5.06 Å². The first-order valence-electron chi connectivity index (χ1n) is 5.94. The van der Waals surface area contributed by atoms with E-state index in [1.54, 1.807) is 4.90 Å². The Morgan fingerprint density at radius 3 is 2.47 bits per heavy atom. The molecule has 0 N–H and O–H groups in total. The van der Waals surface area contributed by atoms with Crippen molar-refractivity contribution in [2.24, 2.45) is 0 Å². The monoisotopic (exact) mass is 240 g/mol. The number of piperidine rings is 1. The summed E-state index contributed by atoms with van der Waals surface area (Å²) in [7, 11) is 0. The second kappa shape index (κ2) is 4.73. The number of rotatable bonds is 1. The zero-order chi connectivity index (χ0) is 12.4. The molecular formula is C11H16N2O4. The number of likely N-dealkylation sites (tertiary alicyclic amines) is 1. The van der Waals surface area contributed by atoms with Gasteiger partial charge in [0, 0.05) is 25.4 Å². The number of carbonyl (C=O) groups is 3. The van der Waals surface area contributed by atoms with E-state index in [2.05, 4.69) is 0 Å². The van der Waals surface area contributed by atoms with Crippen molar-refractivity contribution >= 4 is 17.9 Å². The van der Waals surface area contributed by atoms with Gasteiger partial charge in [0.2, 0.25) is 0 Å². The van der Waals surface area contributed by atoms with Crippen molar-refractivity contribution in [3.8, 4) is 0 Å². The van der Waals surface area contributed by atoms with Gasteiger partial charge < -0.3 is 9.74 Å². The van der Waals surface area contributed by atoms with Gasteiger partial charge in [-0.05, 0) is 26.2 Å². The Balaban J connectivity index is 1.96. The largest absolute Gasteiger partial charge is 0.435 e. The van der Waals surface area contributed by atoms with Crippen LogP contribution < -0.4 is 0 Å². The van der Waals surface area contributed by atoms with Crippen LogP contribution in [-0.2, 0) is 14.4 Å². The van der Waals surface area contributed by atoms with E-state index in [1.165, 1.54) is 0 Å². The number of hydroxylamine groups is 2. The molecule has 6 heteroatoms. The maximum atomic E-state index is 11.8. The van der Waals surface area contributed by atoms with E-state index in [-0.39, 0.29) is 18.9 Å². The number of hydrogen-bond acceptors (Lipinski definition) is 4. The Hall–Kier alpha value is -1.59. The molecule has 0 aliphatic carbocycles. The molecule has 3 amide bonds. The standard InChI is InChI=1S/C11H16N2O4/c1-8-4-2-3-7-12(8)11(16)17-13-9(14)5-6-10(13)15/h8H,2-7H2,1H3. The van der Waals surface area contributed by atoms with Gasteiger partial charge in [-0.1, -0.05) is 0 Å². The Labute approximate surface area is 99.4 Å². The van der Waals surface area contributed by atoms with Crippen molar-refractivity contribution in [3.05, 3.63) is 0 Å². The minimum atomic E-state index is -0.596. The highest BCUT2D eigenvalue weighted by atomic mass is 16.7. The van der Waals surface area contributed by atoms with Crippen LogP contribution >= 0.6 is 0 Å². The Morgan fingerprint density at radius 1 is 1.24 bits per heavy atom. The highest BCUT2D eigenvalue weighted by Gasteiger charge is 2.35. The Morgan fingerprint density at radius 2 is 1.88 bits per heavy atom. The van der Waals surface area contributed by atoms with E-state index in [0.717, 1.165) is 19.3 Å². The van der Waals surface area contributed by atoms with Gasteiger partial charge in [-0.3, -0.25) is 9.59 Å². The summed E-state index contributed by atoms with van der Waals surface area (Å²) in [5.41, 5.74) is 0. The summed E-state index contributed by atoms with van der Waals surface area (Å²) in [6.07, 6.45) is 2.61. The Kier molecular flexibility index (Phi) is 3.31. The van der Waals surface area contributed by atoms with Gasteiger partial charge in [0.25, 0.3) is 11.8 Å². The lowest BCUT2D eigenvalue weighted by Crippen LogP contribution is -2.45. The molecule has 2 heterocycles. The third-order valence-corrected chi connectivity index (χ3v) is 3.21. The summed E-state index contributed by atoms with van der Waals surface area (Å²) in [6, 6.07) is 0.101. The van der Waals surface area contributed by atoms with Crippen molar-refractivity contribution < 1.29 is 19.2 Å². The van der Waals surface area contributed by atoms with Crippen LogP contribution in [0.15, 0.2) is 0 Å². The smallest absolute Gasteiger partial charge is 0.311 e. The number of hydrogen-bond donors (Lipinski definition) is 0.